The molecule has 1 saturated carbocycles. The second kappa shape index (κ2) is 6.52. The number of rotatable bonds is 4. The number of aromatic nitrogens is 4. The molecule has 2 aliphatic rings. The van der Waals surface area contributed by atoms with E-state index in [0.29, 0.717) is 37.6 Å². The SMILES string of the molecule is CC1COCCN1c1cc(C2([S-](=N)=O)CC2)nc(-c2ccnc3[nH]ccc23)n1. The van der Waals surface area contributed by atoms with Gasteiger partial charge in [0, 0.05) is 41.6 Å². The summed E-state index contributed by atoms with van der Waals surface area (Å²) in [5.74, 6) is 1.38. The summed E-state index contributed by atoms with van der Waals surface area (Å²) in [6, 6.07) is 5.96. The third-order valence-corrected chi connectivity index (χ3v) is 6.93. The highest BCUT2D eigenvalue weighted by atomic mass is 32.2. The van der Waals surface area contributed by atoms with Crippen LogP contribution in [-0.4, -0.2) is 45.7 Å². The number of fused-ring (bicyclic) bond motifs is 1. The van der Waals surface area contributed by atoms with Crippen molar-refractivity contribution in [2.45, 2.75) is 30.6 Å². The quantitative estimate of drug-likeness (QED) is 0.655. The van der Waals surface area contributed by atoms with Crippen molar-refractivity contribution in [1.82, 2.24) is 19.9 Å². The minimum Gasteiger partial charge on any atom is -0.444 e. The lowest BCUT2D eigenvalue weighted by atomic mass is 10.1. The highest BCUT2D eigenvalue weighted by molar-refractivity contribution is 7.74. The van der Waals surface area contributed by atoms with E-state index < -0.39 is 15.3 Å². The maximum atomic E-state index is 12.2. The largest absolute Gasteiger partial charge is 0.444 e. The van der Waals surface area contributed by atoms with Crippen LogP contribution >= 0.6 is 0 Å². The first-order chi connectivity index (χ1) is 13.6. The predicted molar refractivity (Wildman–Crippen MR) is 106 cm³/mol. The molecule has 1 saturated heterocycles. The molecule has 2 N–H and O–H groups in total. The second-order valence-corrected chi connectivity index (χ2v) is 8.73. The van der Waals surface area contributed by atoms with Crippen molar-refractivity contribution in [1.29, 1.82) is 4.78 Å². The number of hydrogen-bond donors (Lipinski definition) is 2. The van der Waals surface area contributed by atoms with Gasteiger partial charge in [-0.15, -0.1) is 0 Å². The normalized spacial score (nSPS) is 21.4. The molecule has 0 amide bonds. The van der Waals surface area contributed by atoms with E-state index >= 15 is 0 Å². The van der Waals surface area contributed by atoms with E-state index in [-0.39, 0.29) is 6.04 Å². The molecule has 146 valence electrons. The number of aromatic amines is 1. The van der Waals surface area contributed by atoms with E-state index in [1.54, 1.807) is 6.20 Å². The van der Waals surface area contributed by atoms with Crippen LogP contribution < -0.4 is 4.90 Å². The summed E-state index contributed by atoms with van der Waals surface area (Å²) in [5.41, 5.74) is 2.35. The molecule has 8 nitrogen and oxygen atoms in total. The number of morpholine rings is 1. The molecule has 3 aromatic heterocycles. The zero-order valence-corrected chi connectivity index (χ0v) is 16.3. The average molecular weight is 397 g/mol. The first-order valence-electron chi connectivity index (χ1n) is 9.38. The van der Waals surface area contributed by atoms with E-state index in [0.717, 1.165) is 29.0 Å². The Morgan fingerprint density at radius 2 is 2.21 bits per heavy atom. The maximum Gasteiger partial charge on any atom is 0.162 e. The number of nitrogens with one attached hydrogen (secondary N) is 2. The maximum absolute atomic E-state index is 12.2. The zero-order valence-electron chi connectivity index (χ0n) is 15.5. The number of ether oxygens (including phenoxy) is 1. The Balaban J connectivity index is 1.70. The summed E-state index contributed by atoms with van der Waals surface area (Å²) in [4.78, 5) is 19.3. The van der Waals surface area contributed by atoms with E-state index in [1.807, 2.05) is 24.4 Å². The molecule has 1 aliphatic carbocycles. The Labute approximate surface area is 164 Å². The molecule has 28 heavy (non-hydrogen) atoms. The van der Waals surface area contributed by atoms with Gasteiger partial charge in [-0.1, -0.05) is 12.8 Å². The highest BCUT2D eigenvalue weighted by Crippen LogP contribution is 2.49. The van der Waals surface area contributed by atoms with Crippen LogP contribution in [-0.2, 0) is 24.3 Å². The Hall–Kier alpha value is -2.52. The molecular formula is C19H21N6O2S-. The molecule has 1 aliphatic heterocycles. The van der Waals surface area contributed by atoms with Gasteiger partial charge in [0.15, 0.2) is 5.82 Å². The van der Waals surface area contributed by atoms with Gasteiger partial charge in [-0.25, -0.2) is 15.0 Å². The summed E-state index contributed by atoms with van der Waals surface area (Å²) in [5, 5.41) is 0.942. The third kappa shape index (κ3) is 2.77. The van der Waals surface area contributed by atoms with Crippen LogP contribution in [0.2, 0.25) is 0 Å². The van der Waals surface area contributed by atoms with Gasteiger partial charge in [-0.05, 0) is 23.8 Å². The van der Waals surface area contributed by atoms with E-state index in [2.05, 4.69) is 21.8 Å². The van der Waals surface area contributed by atoms with E-state index in [4.69, 9.17) is 19.5 Å². The topological polar surface area (TPSA) is 108 Å². The number of nitrogens with zero attached hydrogens (tertiary/aromatic N) is 4. The van der Waals surface area contributed by atoms with Crippen LogP contribution in [0.1, 0.15) is 25.5 Å². The fourth-order valence-corrected chi connectivity index (χ4v) is 4.58. The van der Waals surface area contributed by atoms with Gasteiger partial charge in [0.25, 0.3) is 0 Å². The number of H-pyrrole nitrogens is 1. The van der Waals surface area contributed by atoms with Gasteiger partial charge >= 0.3 is 0 Å². The highest BCUT2D eigenvalue weighted by Gasteiger charge is 2.41. The van der Waals surface area contributed by atoms with Gasteiger partial charge < -0.3 is 23.6 Å². The first-order valence-corrected chi connectivity index (χ1v) is 10.5. The van der Waals surface area contributed by atoms with E-state index in [1.165, 1.54) is 0 Å². The van der Waals surface area contributed by atoms with Crippen LogP contribution in [0.15, 0.2) is 30.6 Å². The molecule has 4 heterocycles. The van der Waals surface area contributed by atoms with Crippen molar-refractivity contribution in [3.05, 3.63) is 36.3 Å². The molecule has 0 radical (unpaired) electrons. The lowest BCUT2D eigenvalue weighted by Crippen LogP contribution is -2.44. The van der Waals surface area contributed by atoms with Gasteiger partial charge in [0.05, 0.1) is 19.3 Å². The van der Waals surface area contributed by atoms with Crippen molar-refractivity contribution >= 4 is 27.4 Å². The van der Waals surface area contributed by atoms with Crippen LogP contribution in [0, 0.1) is 4.78 Å². The summed E-state index contributed by atoms with van der Waals surface area (Å²) < 4.78 is 24.9. The minimum absolute atomic E-state index is 0.186. The van der Waals surface area contributed by atoms with Gasteiger partial charge in [0.1, 0.15) is 11.5 Å². The summed E-state index contributed by atoms with van der Waals surface area (Å²) in [6.45, 7) is 4.13. The second-order valence-electron chi connectivity index (χ2n) is 7.41. The lowest BCUT2D eigenvalue weighted by Gasteiger charge is -2.35. The molecule has 0 aromatic carbocycles. The minimum atomic E-state index is -1.72. The summed E-state index contributed by atoms with van der Waals surface area (Å²) >= 11 is 0. The summed E-state index contributed by atoms with van der Waals surface area (Å²) in [7, 11) is -1.72. The lowest BCUT2D eigenvalue weighted by molar-refractivity contribution is 0.0985. The Bertz CT molecular complexity index is 1110. The summed E-state index contributed by atoms with van der Waals surface area (Å²) in [6.07, 6.45) is 5.01. The third-order valence-electron chi connectivity index (χ3n) is 5.60. The van der Waals surface area contributed by atoms with Crippen molar-refractivity contribution < 1.29 is 8.95 Å². The van der Waals surface area contributed by atoms with Crippen LogP contribution in [0.5, 0.6) is 0 Å². The molecule has 0 spiro atoms. The Morgan fingerprint density at radius 1 is 1.36 bits per heavy atom. The number of hydrogen-bond acceptors (Lipinski definition) is 8. The Kier molecular flexibility index (Phi) is 4.09. The fourth-order valence-electron chi connectivity index (χ4n) is 3.81. The molecule has 1 unspecified atom stereocenters. The molecule has 3 aromatic rings. The van der Waals surface area contributed by atoms with Crippen molar-refractivity contribution in [2.75, 3.05) is 24.7 Å². The molecule has 1 atom stereocenters. The average Bonchev–Trinajstić information content (AvgIpc) is 3.39. The predicted octanol–water partition coefficient (Wildman–Crippen LogP) is 2.96. The standard InChI is InChI=1S/C19H21N6O2S/c1-12-11-27-9-8-25(12)16-10-15(19(4-5-19)28(20)26)23-18(24-16)14-3-7-22-17-13(14)2-6-21-17/h2-3,6-7,10,12,20H,4-5,8-9,11H2,1H3,(H,21,22)/q-1. The molecule has 9 heteroatoms. The Morgan fingerprint density at radius 3 is 2.96 bits per heavy atom. The number of pyridine rings is 1. The smallest absolute Gasteiger partial charge is 0.162 e. The van der Waals surface area contributed by atoms with Gasteiger partial charge in [0.2, 0.25) is 0 Å². The van der Waals surface area contributed by atoms with Crippen molar-refractivity contribution in [3.63, 3.8) is 0 Å². The fraction of sp³-hybridized carbons (Fsp3) is 0.421. The van der Waals surface area contributed by atoms with Gasteiger partial charge in [-0.2, -0.15) is 10.6 Å². The molecule has 2 fully saturated rings. The van der Waals surface area contributed by atoms with Crippen molar-refractivity contribution in [3.8, 4) is 11.4 Å². The van der Waals surface area contributed by atoms with E-state index in [9.17, 15) is 4.21 Å². The molecular weight excluding hydrogens is 376 g/mol. The zero-order chi connectivity index (χ0) is 19.3. The number of anilines is 1. The molecule has 5 rings (SSSR count). The monoisotopic (exact) mass is 397 g/mol. The van der Waals surface area contributed by atoms with Gasteiger partial charge in [-0.3, -0.25) is 0 Å². The van der Waals surface area contributed by atoms with Crippen molar-refractivity contribution in [2.24, 2.45) is 0 Å². The first kappa shape index (κ1) is 17.6. The van der Waals surface area contributed by atoms with Crippen LogP contribution in [0.25, 0.3) is 22.4 Å². The van der Waals surface area contributed by atoms with Crippen LogP contribution in [0.3, 0.4) is 0 Å². The molecule has 0 bridgehead atoms. The van der Waals surface area contributed by atoms with Crippen LogP contribution in [0.4, 0.5) is 5.82 Å².